The molecular weight excluding hydrogens is 536 g/mol. The molecule has 0 bridgehead atoms. The van der Waals surface area contributed by atoms with Crippen LogP contribution in [-0.4, -0.2) is 64.9 Å². The van der Waals surface area contributed by atoms with E-state index in [1.807, 2.05) is 32.2 Å². The van der Waals surface area contributed by atoms with Crippen molar-refractivity contribution in [2.45, 2.75) is 89.0 Å². The minimum Gasteiger partial charge on any atom is -0.446 e. The maximum Gasteiger partial charge on any atom is 0.411 e. The number of hydrogen-bond acceptors (Lipinski definition) is 6. The van der Waals surface area contributed by atoms with E-state index in [-0.39, 0.29) is 17.4 Å². The molecule has 0 aromatic heterocycles. The minimum absolute atomic E-state index is 0.0372. The van der Waals surface area contributed by atoms with Gasteiger partial charge in [0.05, 0.1) is 24.1 Å². The molecule has 1 aromatic rings. The van der Waals surface area contributed by atoms with Crippen molar-refractivity contribution in [3.05, 3.63) is 41.5 Å². The number of nitrogens with one attached hydrogen (secondary N) is 2. The van der Waals surface area contributed by atoms with Gasteiger partial charge in [-0.25, -0.2) is 4.79 Å². The Morgan fingerprint density at radius 2 is 2.02 bits per heavy atom. The standard InChI is InChI=1S/C32H44N4O4S/c1-5-23-19-33-29(41-23)24-13-12-20(3)15-27(24)34-31(39)40-22-16-25-26(17-22)30(38)36(4)14-10-8-7-9-11-21-18-32(21,6-2)35-28(25)37/h9,11-13,15,21-23,25-26H,5-8,10,14,16-19H2,1-4H3,(H,34,39)(H,35,37)/b11-9-/t21-,22-,23?,25-,26-,32-/m1/s1. The number of benzene rings is 1. The van der Waals surface area contributed by atoms with Gasteiger partial charge in [0, 0.05) is 35.9 Å². The average molecular weight is 581 g/mol. The van der Waals surface area contributed by atoms with Crippen LogP contribution < -0.4 is 10.6 Å². The van der Waals surface area contributed by atoms with Crippen molar-refractivity contribution in [1.82, 2.24) is 10.2 Å². The van der Waals surface area contributed by atoms with E-state index < -0.39 is 24.0 Å². The SMILES string of the molecule is CCC1CN=C(c2ccc(C)cc2NC(=O)O[C@@H]2C[C@H]3C(=O)N[C@]4(CC)C[C@H]4/C=C\CCCCN(C)C(=O)[C@@H]3C2)S1. The van der Waals surface area contributed by atoms with E-state index in [0.29, 0.717) is 36.2 Å². The van der Waals surface area contributed by atoms with Crippen LogP contribution in [0.4, 0.5) is 10.5 Å². The molecule has 0 spiro atoms. The molecule has 1 aromatic carbocycles. The van der Waals surface area contributed by atoms with Crippen LogP contribution in [0.3, 0.4) is 0 Å². The monoisotopic (exact) mass is 580 g/mol. The van der Waals surface area contributed by atoms with Crippen molar-refractivity contribution in [3.8, 4) is 0 Å². The normalized spacial score (nSPS) is 32.7. The average Bonchev–Trinajstić information content (AvgIpc) is 3.26. The molecule has 2 fully saturated rings. The summed E-state index contributed by atoms with van der Waals surface area (Å²) in [5, 5.41) is 7.64. The summed E-state index contributed by atoms with van der Waals surface area (Å²) in [6.07, 6.45) is 9.82. The first-order valence-corrected chi connectivity index (χ1v) is 16.1. The second-order valence-electron chi connectivity index (χ2n) is 12.2. The summed E-state index contributed by atoms with van der Waals surface area (Å²) in [5.41, 5.74) is 2.35. The van der Waals surface area contributed by atoms with Crippen LogP contribution >= 0.6 is 11.8 Å². The van der Waals surface area contributed by atoms with Crippen molar-refractivity contribution in [3.63, 3.8) is 0 Å². The van der Waals surface area contributed by atoms with E-state index in [9.17, 15) is 14.4 Å². The maximum absolute atomic E-state index is 13.6. The molecular formula is C32H44N4O4S. The lowest BCUT2D eigenvalue weighted by Gasteiger charge is -2.26. The molecule has 8 nitrogen and oxygen atoms in total. The lowest BCUT2D eigenvalue weighted by atomic mass is 9.92. The molecule has 1 unspecified atom stereocenters. The molecule has 0 saturated heterocycles. The Morgan fingerprint density at radius 1 is 1.22 bits per heavy atom. The van der Waals surface area contributed by atoms with Gasteiger partial charge in [-0.05, 0) is 76.0 Å². The van der Waals surface area contributed by atoms with Gasteiger partial charge in [-0.15, -0.1) is 11.8 Å². The van der Waals surface area contributed by atoms with E-state index in [0.717, 1.165) is 61.2 Å². The summed E-state index contributed by atoms with van der Waals surface area (Å²) in [4.78, 5) is 46.8. The van der Waals surface area contributed by atoms with Gasteiger partial charge in [-0.1, -0.05) is 32.1 Å². The highest BCUT2D eigenvalue weighted by atomic mass is 32.2. The number of ether oxygens (including phenoxy) is 1. The molecule has 4 aliphatic rings. The third-order valence-electron chi connectivity index (χ3n) is 9.26. The van der Waals surface area contributed by atoms with Crippen molar-refractivity contribution >= 4 is 40.4 Å². The Kier molecular flexibility index (Phi) is 9.12. The maximum atomic E-state index is 13.6. The summed E-state index contributed by atoms with van der Waals surface area (Å²) < 4.78 is 5.90. The molecule has 3 amide bonds. The van der Waals surface area contributed by atoms with Crippen LogP contribution in [0.2, 0.25) is 0 Å². The second kappa shape index (κ2) is 12.6. The number of fused-ring (bicyclic) bond motifs is 2. The fourth-order valence-electron chi connectivity index (χ4n) is 6.49. The molecule has 222 valence electrons. The first-order valence-electron chi connectivity index (χ1n) is 15.3. The van der Waals surface area contributed by atoms with Gasteiger partial charge >= 0.3 is 6.09 Å². The van der Waals surface area contributed by atoms with E-state index in [1.54, 1.807) is 16.7 Å². The van der Waals surface area contributed by atoms with E-state index in [2.05, 4.69) is 36.6 Å². The number of aliphatic imine (C=N–C) groups is 1. The van der Waals surface area contributed by atoms with Gasteiger partial charge in [0.15, 0.2) is 0 Å². The van der Waals surface area contributed by atoms with Crippen LogP contribution in [0.1, 0.15) is 76.3 Å². The molecule has 2 heterocycles. The molecule has 2 saturated carbocycles. The predicted octanol–water partition coefficient (Wildman–Crippen LogP) is 5.69. The van der Waals surface area contributed by atoms with Crippen LogP contribution in [-0.2, 0) is 14.3 Å². The van der Waals surface area contributed by atoms with Crippen molar-refractivity contribution in [2.75, 3.05) is 25.5 Å². The zero-order valence-corrected chi connectivity index (χ0v) is 25.6. The van der Waals surface area contributed by atoms with Gasteiger partial charge < -0.3 is 15.0 Å². The Hall–Kier alpha value is -2.81. The number of rotatable bonds is 5. The zero-order chi connectivity index (χ0) is 29.1. The summed E-state index contributed by atoms with van der Waals surface area (Å²) in [6.45, 7) is 7.68. The third kappa shape index (κ3) is 6.65. The molecule has 41 heavy (non-hydrogen) atoms. The smallest absolute Gasteiger partial charge is 0.411 e. The summed E-state index contributed by atoms with van der Waals surface area (Å²) >= 11 is 1.74. The lowest BCUT2D eigenvalue weighted by molar-refractivity contribution is -0.140. The number of anilines is 1. The number of carbonyl (C=O) groups excluding carboxylic acids is 3. The first kappa shape index (κ1) is 29.7. The number of amides is 3. The number of thioether (sulfide) groups is 1. The zero-order valence-electron chi connectivity index (χ0n) is 24.8. The fraction of sp³-hybridized carbons (Fsp3) is 0.625. The quantitative estimate of drug-likeness (QED) is 0.436. The summed E-state index contributed by atoms with van der Waals surface area (Å²) in [5.74, 6) is -0.823. The van der Waals surface area contributed by atoms with Crippen LogP contribution in [0.15, 0.2) is 35.3 Å². The van der Waals surface area contributed by atoms with E-state index in [1.165, 1.54) is 0 Å². The van der Waals surface area contributed by atoms with Crippen molar-refractivity contribution in [2.24, 2.45) is 22.7 Å². The minimum atomic E-state index is -0.568. The van der Waals surface area contributed by atoms with Gasteiger partial charge in [0.2, 0.25) is 11.8 Å². The largest absolute Gasteiger partial charge is 0.446 e. The number of hydrogen-bond donors (Lipinski definition) is 2. The predicted molar refractivity (Wildman–Crippen MR) is 164 cm³/mol. The van der Waals surface area contributed by atoms with E-state index in [4.69, 9.17) is 9.73 Å². The van der Waals surface area contributed by atoms with Crippen molar-refractivity contribution < 1.29 is 19.1 Å². The highest BCUT2D eigenvalue weighted by Gasteiger charge is 2.54. The summed E-state index contributed by atoms with van der Waals surface area (Å²) in [6, 6.07) is 5.95. The van der Waals surface area contributed by atoms with Gasteiger partial charge in [-0.2, -0.15) is 0 Å². The molecule has 5 rings (SSSR count). The number of allylic oxidation sites excluding steroid dienone is 1. The first-order chi connectivity index (χ1) is 19.7. The molecule has 2 N–H and O–H groups in total. The van der Waals surface area contributed by atoms with E-state index >= 15 is 0 Å². The molecule has 2 aliphatic carbocycles. The lowest BCUT2D eigenvalue weighted by Crippen LogP contribution is -2.45. The number of nitrogens with zero attached hydrogens (tertiary/aromatic N) is 2. The van der Waals surface area contributed by atoms with Gasteiger partial charge in [0.1, 0.15) is 11.1 Å². The number of aryl methyl sites for hydroxylation is 1. The Balaban J connectivity index is 1.30. The second-order valence-corrected chi connectivity index (χ2v) is 13.5. The topological polar surface area (TPSA) is 100 Å². The number of carbonyl (C=O) groups is 3. The Morgan fingerprint density at radius 3 is 2.78 bits per heavy atom. The Bertz CT molecular complexity index is 1230. The van der Waals surface area contributed by atoms with Gasteiger partial charge in [0.25, 0.3) is 0 Å². The Labute approximate surface area is 248 Å². The third-order valence-corrected chi connectivity index (χ3v) is 10.6. The van der Waals surface area contributed by atoms with Gasteiger partial charge in [-0.3, -0.25) is 19.9 Å². The molecule has 9 heteroatoms. The molecule has 0 radical (unpaired) electrons. The molecule has 6 atom stereocenters. The van der Waals surface area contributed by atoms with Crippen LogP contribution in [0, 0.1) is 24.7 Å². The van der Waals surface area contributed by atoms with Crippen LogP contribution in [0.25, 0.3) is 0 Å². The van der Waals surface area contributed by atoms with Crippen LogP contribution in [0.5, 0.6) is 0 Å². The summed E-state index contributed by atoms with van der Waals surface area (Å²) in [7, 11) is 1.82. The highest BCUT2D eigenvalue weighted by Crippen LogP contribution is 2.48. The van der Waals surface area contributed by atoms with Crippen molar-refractivity contribution in [1.29, 1.82) is 0 Å². The molecule has 2 aliphatic heterocycles. The fourth-order valence-corrected chi connectivity index (χ4v) is 7.58. The highest BCUT2D eigenvalue weighted by molar-refractivity contribution is 8.15.